The third-order valence-electron chi connectivity index (χ3n) is 4.41. The zero-order valence-electron chi connectivity index (χ0n) is 11.9. The molecule has 1 fully saturated rings. The molecule has 1 saturated heterocycles. The number of hydrogen-bond acceptors (Lipinski definition) is 3. The maximum Gasteiger partial charge on any atom is 0.308 e. The number of rotatable bonds is 2. The number of nitrogens with zero attached hydrogens (tertiary/aromatic N) is 1. The van der Waals surface area contributed by atoms with Crippen LogP contribution in [0.2, 0.25) is 0 Å². The normalized spacial score (nSPS) is 25.2. The van der Waals surface area contributed by atoms with Gasteiger partial charge < -0.3 is 15.3 Å². The number of carboxylic acids is 1. The number of carbonyl (C=O) groups is 2. The molecule has 1 aromatic carbocycles. The van der Waals surface area contributed by atoms with Crippen LogP contribution in [0.5, 0.6) is 0 Å². The highest BCUT2D eigenvalue weighted by Crippen LogP contribution is 2.31. The number of carboxylic acid groups (broad SMARTS) is 1. The monoisotopic (exact) mass is 288 g/mol. The number of piperidine rings is 1. The third kappa shape index (κ3) is 2.78. The van der Waals surface area contributed by atoms with Crippen LogP contribution in [0, 0.1) is 11.8 Å². The molecule has 0 radical (unpaired) electrons. The fraction of sp³-hybridized carbons (Fsp3) is 0.500. The maximum atomic E-state index is 12.8. The Morgan fingerprint density at radius 3 is 2.76 bits per heavy atom. The van der Waals surface area contributed by atoms with Gasteiger partial charge in [0.25, 0.3) is 0 Å². The molecule has 0 spiro atoms. The number of nitrogens with one attached hydrogen (secondary N) is 1. The summed E-state index contributed by atoms with van der Waals surface area (Å²) >= 11 is 0. The lowest BCUT2D eigenvalue weighted by Gasteiger charge is -2.36. The van der Waals surface area contributed by atoms with Crippen LogP contribution in [0.15, 0.2) is 24.3 Å². The van der Waals surface area contributed by atoms with Gasteiger partial charge in [-0.3, -0.25) is 9.59 Å². The second-order valence-corrected chi connectivity index (χ2v) is 5.86. The van der Waals surface area contributed by atoms with Crippen molar-refractivity contribution in [2.45, 2.75) is 19.3 Å². The fourth-order valence-electron chi connectivity index (χ4n) is 3.25. The summed E-state index contributed by atoms with van der Waals surface area (Å²) in [6.45, 7) is 1.93. The van der Waals surface area contributed by atoms with Gasteiger partial charge in [-0.1, -0.05) is 18.2 Å². The van der Waals surface area contributed by atoms with E-state index in [0.29, 0.717) is 13.0 Å². The van der Waals surface area contributed by atoms with Crippen LogP contribution in [0.25, 0.3) is 0 Å². The van der Waals surface area contributed by atoms with Crippen LogP contribution < -0.4 is 10.2 Å². The highest BCUT2D eigenvalue weighted by atomic mass is 16.4. The molecule has 0 saturated carbocycles. The van der Waals surface area contributed by atoms with Crippen LogP contribution in [-0.2, 0) is 16.0 Å². The number of carbonyl (C=O) groups excluding carboxylic acids is 1. The number of aliphatic carboxylic acids is 1. The highest BCUT2D eigenvalue weighted by Gasteiger charge is 2.35. The summed E-state index contributed by atoms with van der Waals surface area (Å²) in [5.41, 5.74) is 1.83. The molecule has 3 rings (SSSR count). The first kappa shape index (κ1) is 14.1. The summed E-state index contributed by atoms with van der Waals surface area (Å²) in [4.78, 5) is 25.8. The third-order valence-corrected chi connectivity index (χ3v) is 4.41. The van der Waals surface area contributed by atoms with Crippen LogP contribution >= 0.6 is 0 Å². The van der Waals surface area contributed by atoms with Crippen LogP contribution in [-0.4, -0.2) is 36.6 Å². The number of para-hydroxylation sites is 1. The molecule has 2 aliphatic rings. The van der Waals surface area contributed by atoms with Gasteiger partial charge in [-0.25, -0.2) is 0 Å². The van der Waals surface area contributed by atoms with Gasteiger partial charge in [0.05, 0.1) is 11.8 Å². The molecule has 2 heterocycles. The summed E-state index contributed by atoms with van der Waals surface area (Å²) < 4.78 is 0. The minimum Gasteiger partial charge on any atom is -0.481 e. The van der Waals surface area contributed by atoms with E-state index >= 15 is 0 Å². The average molecular weight is 288 g/mol. The Morgan fingerprint density at radius 2 is 2.05 bits per heavy atom. The number of fused-ring (bicyclic) bond motifs is 1. The molecule has 1 aromatic rings. The Hall–Kier alpha value is -1.88. The van der Waals surface area contributed by atoms with Crippen molar-refractivity contribution in [1.82, 2.24) is 5.32 Å². The van der Waals surface area contributed by atoms with E-state index in [1.807, 2.05) is 24.3 Å². The highest BCUT2D eigenvalue weighted by molar-refractivity contribution is 5.97. The zero-order valence-corrected chi connectivity index (χ0v) is 11.9. The molecule has 5 heteroatoms. The van der Waals surface area contributed by atoms with Crippen molar-refractivity contribution in [1.29, 1.82) is 0 Å². The quantitative estimate of drug-likeness (QED) is 0.860. The smallest absolute Gasteiger partial charge is 0.308 e. The van der Waals surface area contributed by atoms with Gasteiger partial charge in [-0.2, -0.15) is 0 Å². The molecule has 1 unspecified atom stereocenters. The van der Waals surface area contributed by atoms with Crippen molar-refractivity contribution in [3.8, 4) is 0 Å². The molecular weight excluding hydrogens is 268 g/mol. The van der Waals surface area contributed by atoms with Crippen molar-refractivity contribution in [3.63, 3.8) is 0 Å². The van der Waals surface area contributed by atoms with E-state index in [4.69, 9.17) is 0 Å². The lowest BCUT2D eigenvalue weighted by Crippen LogP contribution is -2.48. The summed E-state index contributed by atoms with van der Waals surface area (Å²) in [7, 11) is 0. The maximum absolute atomic E-state index is 12.8. The lowest BCUT2D eigenvalue weighted by molar-refractivity contribution is -0.141. The molecular formula is C16H20N2O3. The fourth-order valence-corrected chi connectivity index (χ4v) is 3.25. The van der Waals surface area contributed by atoms with Crippen LogP contribution in [0.4, 0.5) is 5.69 Å². The summed E-state index contributed by atoms with van der Waals surface area (Å²) in [6.07, 6.45) is 2.37. The molecule has 2 aliphatic heterocycles. The molecule has 0 aromatic heterocycles. The SMILES string of the molecule is O=C(O)C1Cc2ccccc2N(C(=O)[C@H]2CCCNC2)C1. The van der Waals surface area contributed by atoms with Crippen molar-refractivity contribution in [2.24, 2.45) is 11.8 Å². The van der Waals surface area contributed by atoms with Crippen LogP contribution in [0.1, 0.15) is 18.4 Å². The van der Waals surface area contributed by atoms with E-state index in [-0.39, 0.29) is 18.4 Å². The van der Waals surface area contributed by atoms with E-state index in [2.05, 4.69) is 5.32 Å². The Balaban J connectivity index is 1.88. The summed E-state index contributed by atoms with van der Waals surface area (Å²) in [5, 5.41) is 12.6. The Labute approximate surface area is 123 Å². The Kier molecular flexibility index (Phi) is 3.92. The molecule has 0 bridgehead atoms. The number of benzene rings is 1. The second kappa shape index (κ2) is 5.85. The Bertz CT molecular complexity index is 552. The first-order valence-corrected chi connectivity index (χ1v) is 7.49. The van der Waals surface area contributed by atoms with E-state index in [9.17, 15) is 14.7 Å². The van der Waals surface area contributed by atoms with Gasteiger partial charge in [0, 0.05) is 18.8 Å². The van der Waals surface area contributed by atoms with Crippen molar-refractivity contribution in [3.05, 3.63) is 29.8 Å². The van der Waals surface area contributed by atoms with E-state index in [1.54, 1.807) is 4.90 Å². The largest absolute Gasteiger partial charge is 0.481 e. The minimum atomic E-state index is -0.830. The first-order chi connectivity index (χ1) is 10.2. The van der Waals surface area contributed by atoms with E-state index in [1.165, 1.54) is 0 Å². The van der Waals surface area contributed by atoms with Gasteiger partial charge in [0.15, 0.2) is 0 Å². The summed E-state index contributed by atoms with van der Waals surface area (Å²) in [5.74, 6) is -1.33. The number of amides is 1. The van der Waals surface area contributed by atoms with Gasteiger partial charge >= 0.3 is 5.97 Å². The van der Waals surface area contributed by atoms with Crippen molar-refractivity contribution < 1.29 is 14.7 Å². The van der Waals surface area contributed by atoms with Crippen molar-refractivity contribution in [2.75, 3.05) is 24.5 Å². The number of hydrogen-bond donors (Lipinski definition) is 2. The number of anilines is 1. The predicted molar refractivity (Wildman–Crippen MR) is 79.2 cm³/mol. The van der Waals surface area contributed by atoms with E-state index in [0.717, 1.165) is 30.6 Å². The van der Waals surface area contributed by atoms with Crippen LogP contribution in [0.3, 0.4) is 0 Å². The van der Waals surface area contributed by atoms with Gasteiger partial charge in [-0.05, 0) is 37.4 Å². The molecule has 21 heavy (non-hydrogen) atoms. The van der Waals surface area contributed by atoms with Gasteiger partial charge in [0.1, 0.15) is 0 Å². The molecule has 112 valence electrons. The van der Waals surface area contributed by atoms with E-state index < -0.39 is 11.9 Å². The standard InChI is InChI=1S/C16H20N2O3/c19-15(12-5-3-7-17-9-12)18-10-13(16(20)21)8-11-4-1-2-6-14(11)18/h1-2,4,6,12-13,17H,3,5,7-10H2,(H,20,21)/t12-,13?/m0/s1. The average Bonchev–Trinajstić information content (AvgIpc) is 2.54. The molecule has 2 atom stereocenters. The molecule has 1 amide bonds. The topological polar surface area (TPSA) is 69.6 Å². The predicted octanol–water partition coefficient (Wildman–Crippen LogP) is 1.28. The second-order valence-electron chi connectivity index (χ2n) is 5.86. The van der Waals surface area contributed by atoms with Crippen molar-refractivity contribution >= 4 is 17.6 Å². The summed E-state index contributed by atoms with van der Waals surface area (Å²) in [6, 6.07) is 7.64. The molecule has 0 aliphatic carbocycles. The molecule has 2 N–H and O–H groups in total. The Morgan fingerprint density at radius 1 is 1.24 bits per heavy atom. The molecule has 5 nitrogen and oxygen atoms in total. The van der Waals surface area contributed by atoms with Gasteiger partial charge in [-0.15, -0.1) is 0 Å². The first-order valence-electron chi connectivity index (χ1n) is 7.49. The van der Waals surface area contributed by atoms with Gasteiger partial charge in [0.2, 0.25) is 5.91 Å². The minimum absolute atomic E-state index is 0.0423. The zero-order chi connectivity index (χ0) is 14.8. The lowest BCUT2D eigenvalue weighted by atomic mass is 9.90.